The number of cyclic esters (lactones) is 1. The van der Waals surface area contributed by atoms with Crippen LogP contribution in [-0.2, 0) is 28.7 Å². The number of allylic oxidation sites excluding steroid dienone is 1. The standard InChI is InChI=1S/C29H42BrN3O7/c1-16(2)12-18(15-34)33-24-26(37)32(28(4,5)6)11-9-7-8-10-20(35)31-14-17(3)39-27(38)21-22(25(33)36)29(24)13-19(30)23(21)40-29/h7,9,13,16-18,21-24,34H,8,10-12,14-15H2,1-6H3,(H,31,35)/b9-7-/t17-,18+,21+,22-,23+,24+,29-/m0/s1. The van der Waals surface area contributed by atoms with E-state index in [0.717, 1.165) is 0 Å². The number of carbonyl (C=O) groups is 4. The minimum atomic E-state index is -1.40. The average Bonchev–Trinajstić information content (AvgIpc) is 3.45. The fraction of sp³-hybridized carbons (Fsp3) is 0.724. The van der Waals surface area contributed by atoms with Crippen molar-refractivity contribution in [2.24, 2.45) is 17.8 Å². The zero-order chi connectivity index (χ0) is 29.6. The van der Waals surface area contributed by atoms with Crippen LogP contribution in [0.2, 0.25) is 0 Å². The van der Waals surface area contributed by atoms with Gasteiger partial charge in [-0.25, -0.2) is 0 Å². The number of aliphatic hydroxyl groups excluding tert-OH is 1. The number of ether oxygens (including phenoxy) is 2. The van der Waals surface area contributed by atoms with Crippen molar-refractivity contribution in [1.29, 1.82) is 0 Å². The summed E-state index contributed by atoms with van der Waals surface area (Å²) in [6, 6.07) is -1.72. The highest BCUT2D eigenvalue weighted by molar-refractivity contribution is 9.11. The molecule has 1 spiro atoms. The van der Waals surface area contributed by atoms with Crippen molar-refractivity contribution in [1.82, 2.24) is 15.1 Å². The third-order valence-electron chi connectivity index (χ3n) is 8.19. The second-order valence-electron chi connectivity index (χ2n) is 12.7. The van der Waals surface area contributed by atoms with Gasteiger partial charge in [-0.3, -0.25) is 19.2 Å². The summed E-state index contributed by atoms with van der Waals surface area (Å²) < 4.78 is 12.8. The van der Waals surface area contributed by atoms with E-state index in [4.69, 9.17) is 9.47 Å². The molecule has 0 aromatic carbocycles. The van der Waals surface area contributed by atoms with Crippen LogP contribution >= 0.6 is 15.9 Å². The van der Waals surface area contributed by atoms with Gasteiger partial charge in [-0.15, -0.1) is 0 Å². The molecule has 2 saturated heterocycles. The summed E-state index contributed by atoms with van der Waals surface area (Å²) in [5, 5.41) is 13.3. The SMILES string of the molecule is CC(C)C[C@H](CO)N1C(=O)[C@@H]2[C@H]3C(=O)O[C@@H](C)CNC(=O)CC/C=C\CN(C(C)(C)C)C(=O)[C@@H]1[C@]21C=C(Br)[C@H]3O1. The minimum Gasteiger partial charge on any atom is -0.460 e. The van der Waals surface area contributed by atoms with Gasteiger partial charge in [-0.05, 0) is 52.5 Å². The molecule has 0 unspecified atom stereocenters. The van der Waals surface area contributed by atoms with Gasteiger partial charge in [-0.2, -0.15) is 0 Å². The second-order valence-corrected chi connectivity index (χ2v) is 13.6. The minimum absolute atomic E-state index is 0.138. The van der Waals surface area contributed by atoms with E-state index in [9.17, 15) is 24.3 Å². The van der Waals surface area contributed by atoms with Gasteiger partial charge in [-0.1, -0.05) is 41.9 Å². The predicted molar refractivity (Wildman–Crippen MR) is 151 cm³/mol. The molecule has 4 aliphatic heterocycles. The van der Waals surface area contributed by atoms with E-state index in [0.29, 0.717) is 17.3 Å². The number of carbonyl (C=O) groups excluding carboxylic acids is 4. The van der Waals surface area contributed by atoms with E-state index < -0.39 is 59.1 Å². The van der Waals surface area contributed by atoms with Crippen LogP contribution in [0.3, 0.4) is 0 Å². The Labute approximate surface area is 244 Å². The molecule has 0 radical (unpaired) electrons. The van der Waals surface area contributed by atoms with Gasteiger partial charge < -0.3 is 29.7 Å². The zero-order valence-electron chi connectivity index (χ0n) is 24.2. The number of halogens is 1. The van der Waals surface area contributed by atoms with Gasteiger partial charge in [0.05, 0.1) is 25.1 Å². The van der Waals surface area contributed by atoms with Crippen LogP contribution in [-0.4, -0.2) is 93.7 Å². The molecule has 222 valence electrons. The Morgan fingerprint density at radius 2 is 1.88 bits per heavy atom. The van der Waals surface area contributed by atoms with Crippen molar-refractivity contribution in [3.8, 4) is 0 Å². The Morgan fingerprint density at radius 3 is 2.50 bits per heavy atom. The predicted octanol–water partition coefficient (Wildman–Crippen LogP) is 2.29. The van der Waals surface area contributed by atoms with E-state index in [-0.39, 0.29) is 43.8 Å². The molecule has 5 bridgehead atoms. The number of amides is 3. The van der Waals surface area contributed by atoms with Gasteiger partial charge in [0.15, 0.2) is 0 Å². The number of rotatable bonds is 4. The number of hydrogen-bond acceptors (Lipinski definition) is 7. The summed E-state index contributed by atoms with van der Waals surface area (Å²) >= 11 is 3.55. The number of likely N-dealkylation sites (tertiary alicyclic amines) is 1. The summed E-state index contributed by atoms with van der Waals surface area (Å²) in [7, 11) is 0. The van der Waals surface area contributed by atoms with E-state index >= 15 is 0 Å². The fourth-order valence-electron chi connectivity index (χ4n) is 6.44. The van der Waals surface area contributed by atoms with Crippen molar-refractivity contribution < 1.29 is 33.8 Å². The lowest BCUT2D eigenvalue weighted by atomic mass is 9.74. The van der Waals surface area contributed by atoms with Crippen LogP contribution in [0, 0.1) is 17.8 Å². The van der Waals surface area contributed by atoms with Crippen molar-refractivity contribution >= 4 is 39.6 Å². The van der Waals surface area contributed by atoms with Gasteiger partial charge >= 0.3 is 5.97 Å². The third kappa shape index (κ3) is 5.48. The Hall–Kier alpha value is -2.24. The molecule has 2 N–H and O–H groups in total. The molecule has 4 aliphatic rings. The quantitative estimate of drug-likeness (QED) is 0.363. The highest BCUT2D eigenvalue weighted by Gasteiger charge is 2.75. The van der Waals surface area contributed by atoms with Crippen molar-refractivity contribution in [2.75, 3.05) is 19.7 Å². The fourth-order valence-corrected chi connectivity index (χ4v) is 7.17. The smallest absolute Gasteiger partial charge is 0.313 e. The van der Waals surface area contributed by atoms with Gasteiger partial charge in [0.1, 0.15) is 29.8 Å². The highest BCUT2D eigenvalue weighted by Crippen LogP contribution is 2.59. The Balaban J connectivity index is 1.86. The van der Waals surface area contributed by atoms with Crippen LogP contribution in [0.4, 0.5) is 0 Å². The van der Waals surface area contributed by atoms with Gasteiger partial charge in [0, 0.05) is 23.0 Å². The topological polar surface area (TPSA) is 125 Å². The molecule has 3 amide bonds. The summed E-state index contributed by atoms with van der Waals surface area (Å²) in [5.41, 5.74) is -2.02. The van der Waals surface area contributed by atoms with Crippen LogP contribution in [0.5, 0.6) is 0 Å². The molecule has 7 atom stereocenters. The first-order chi connectivity index (χ1) is 18.7. The number of aliphatic hydroxyl groups is 1. The lowest BCUT2D eigenvalue weighted by Crippen LogP contribution is -2.61. The van der Waals surface area contributed by atoms with Crippen LogP contribution in [0.15, 0.2) is 22.7 Å². The molecule has 10 nitrogen and oxygen atoms in total. The maximum Gasteiger partial charge on any atom is 0.313 e. The van der Waals surface area contributed by atoms with E-state index in [1.165, 1.54) is 4.90 Å². The first-order valence-electron chi connectivity index (χ1n) is 14.2. The summed E-state index contributed by atoms with van der Waals surface area (Å²) in [4.78, 5) is 58.1. The molecular weight excluding hydrogens is 582 g/mol. The molecule has 4 rings (SSSR count). The Morgan fingerprint density at radius 1 is 1.18 bits per heavy atom. The van der Waals surface area contributed by atoms with Crippen molar-refractivity contribution in [3.63, 3.8) is 0 Å². The molecule has 0 aliphatic carbocycles. The van der Waals surface area contributed by atoms with Crippen LogP contribution < -0.4 is 5.32 Å². The molecular formula is C29H42BrN3O7. The summed E-state index contributed by atoms with van der Waals surface area (Å²) in [5.74, 6) is -3.34. The van der Waals surface area contributed by atoms with E-state index in [1.54, 1.807) is 17.9 Å². The molecule has 0 saturated carbocycles. The van der Waals surface area contributed by atoms with Gasteiger partial charge in [0.2, 0.25) is 17.7 Å². The van der Waals surface area contributed by atoms with Crippen LogP contribution in [0.25, 0.3) is 0 Å². The van der Waals surface area contributed by atoms with Crippen molar-refractivity contribution in [3.05, 3.63) is 22.7 Å². The normalized spacial score (nSPS) is 35.0. The number of esters is 1. The monoisotopic (exact) mass is 623 g/mol. The van der Waals surface area contributed by atoms with E-state index in [1.807, 2.05) is 46.8 Å². The lowest BCUT2D eigenvalue weighted by Gasteiger charge is -2.43. The van der Waals surface area contributed by atoms with Gasteiger partial charge in [0.25, 0.3) is 0 Å². The molecule has 0 aromatic heterocycles. The lowest BCUT2D eigenvalue weighted by molar-refractivity contribution is -0.160. The molecule has 4 heterocycles. The highest BCUT2D eigenvalue weighted by atomic mass is 79.9. The zero-order valence-corrected chi connectivity index (χ0v) is 25.8. The summed E-state index contributed by atoms with van der Waals surface area (Å²) in [6.45, 7) is 11.5. The maximum absolute atomic E-state index is 14.6. The number of nitrogens with one attached hydrogen (secondary N) is 1. The largest absolute Gasteiger partial charge is 0.460 e. The Kier molecular flexibility index (Phi) is 8.88. The Bertz CT molecular complexity index is 1100. The van der Waals surface area contributed by atoms with E-state index in [2.05, 4.69) is 21.2 Å². The second kappa shape index (κ2) is 11.6. The summed E-state index contributed by atoms with van der Waals surface area (Å²) in [6.07, 6.45) is 5.31. The molecule has 2 fully saturated rings. The maximum atomic E-state index is 14.6. The molecule has 0 aromatic rings. The average molecular weight is 625 g/mol. The van der Waals surface area contributed by atoms with Crippen molar-refractivity contribution in [2.45, 2.75) is 96.2 Å². The molecule has 40 heavy (non-hydrogen) atoms. The third-order valence-corrected chi connectivity index (χ3v) is 8.87. The first-order valence-corrected chi connectivity index (χ1v) is 14.9. The number of hydrogen-bond donors (Lipinski definition) is 2. The number of nitrogens with zero attached hydrogens (tertiary/aromatic N) is 2. The number of fused-ring (bicyclic) bond motifs is 2. The van der Waals surface area contributed by atoms with Crippen LogP contribution in [0.1, 0.15) is 60.8 Å². The molecule has 11 heteroatoms. The first kappa shape index (κ1) is 30.7.